The zero-order chi connectivity index (χ0) is 11.7. The van der Waals surface area contributed by atoms with Crippen molar-refractivity contribution in [3.8, 4) is 0 Å². The van der Waals surface area contributed by atoms with Crippen molar-refractivity contribution in [2.45, 2.75) is 18.6 Å². The molecule has 0 bridgehead atoms. The average molecular weight is 227 g/mol. The Kier molecular flexibility index (Phi) is 2.90. The summed E-state index contributed by atoms with van der Waals surface area (Å²) in [5, 5.41) is 10.5. The molecule has 0 amide bonds. The molecular formula is C9H13N3O4. The van der Waals surface area contributed by atoms with E-state index in [1.54, 1.807) is 7.05 Å². The molecule has 1 aromatic rings. The van der Waals surface area contributed by atoms with Crippen LogP contribution < -0.4 is 11.2 Å². The van der Waals surface area contributed by atoms with E-state index in [9.17, 15) is 9.59 Å². The summed E-state index contributed by atoms with van der Waals surface area (Å²) in [7, 11) is 1.69. The molecule has 3 N–H and O–H groups in total. The van der Waals surface area contributed by atoms with E-state index in [1.165, 1.54) is 11.3 Å². The van der Waals surface area contributed by atoms with Gasteiger partial charge in [0.25, 0.3) is 5.56 Å². The van der Waals surface area contributed by atoms with E-state index in [-0.39, 0.29) is 18.8 Å². The first-order chi connectivity index (χ1) is 7.61. The van der Waals surface area contributed by atoms with Crippen molar-refractivity contribution in [2.75, 3.05) is 13.7 Å². The quantitative estimate of drug-likeness (QED) is 0.585. The number of aliphatic hydroxyl groups excluding tert-OH is 1. The second-order valence-electron chi connectivity index (χ2n) is 3.73. The van der Waals surface area contributed by atoms with Crippen LogP contribution in [0.2, 0.25) is 0 Å². The van der Waals surface area contributed by atoms with Crippen molar-refractivity contribution >= 4 is 0 Å². The Morgan fingerprint density at radius 3 is 2.94 bits per heavy atom. The lowest BCUT2D eigenvalue weighted by Crippen LogP contribution is -2.29. The molecule has 2 rings (SSSR count). The molecule has 0 aliphatic carbocycles. The van der Waals surface area contributed by atoms with E-state index in [0.29, 0.717) is 12.0 Å². The van der Waals surface area contributed by atoms with Gasteiger partial charge in [0.15, 0.2) is 0 Å². The number of H-pyrrole nitrogens is 2. The van der Waals surface area contributed by atoms with E-state index in [2.05, 4.69) is 9.97 Å². The molecule has 7 heteroatoms. The molecule has 0 saturated carbocycles. The summed E-state index contributed by atoms with van der Waals surface area (Å²) < 4.78 is 0. The number of aromatic nitrogens is 2. The third kappa shape index (κ3) is 1.92. The Balaban J connectivity index is 2.31. The van der Waals surface area contributed by atoms with Crippen molar-refractivity contribution < 1.29 is 9.94 Å². The number of hydrogen-bond acceptors (Lipinski definition) is 5. The normalized spacial score (nSPS) is 26.1. The molecule has 1 aliphatic heterocycles. The van der Waals surface area contributed by atoms with E-state index < -0.39 is 11.2 Å². The molecule has 2 atom stereocenters. The van der Waals surface area contributed by atoms with Gasteiger partial charge in [0.05, 0.1) is 18.2 Å². The third-order valence-electron chi connectivity index (χ3n) is 2.65. The highest BCUT2D eigenvalue weighted by Crippen LogP contribution is 2.29. The van der Waals surface area contributed by atoms with E-state index in [0.717, 1.165) is 0 Å². The summed E-state index contributed by atoms with van der Waals surface area (Å²) in [5.41, 5.74) is -0.533. The van der Waals surface area contributed by atoms with Crippen LogP contribution in [0.3, 0.4) is 0 Å². The van der Waals surface area contributed by atoms with Crippen LogP contribution in [-0.4, -0.2) is 39.9 Å². The van der Waals surface area contributed by atoms with Gasteiger partial charge in [0.1, 0.15) is 6.10 Å². The minimum atomic E-state index is -0.533. The van der Waals surface area contributed by atoms with Gasteiger partial charge in [-0.3, -0.25) is 14.6 Å². The third-order valence-corrected chi connectivity index (χ3v) is 2.65. The van der Waals surface area contributed by atoms with Crippen molar-refractivity contribution in [2.24, 2.45) is 0 Å². The molecule has 1 saturated heterocycles. The Labute approximate surface area is 90.6 Å². The van der Waals surface area contributed by atoms with Crippen molar-refractivity contribution in [1.82, 2.24) is 15.0 Å². The van der Waals surface area contributed by atoms with Crippen LogP contribution in [0.15, 0.2) is 15.8 Å². The van der Waals surface area contributed by atoms with Gasteiger partial charge in [-0.05, 0) is 0 Å². The predicted octanol–water partition coefficient (Wildman–Crippen LogP) is -1.27. The predicted molar refractivity (Wildman–Crippen MR) is 54.8 cm³/mol. The van der Waals surface area contributed by atoms with Crippen molar-refractivity contribution in [3.05, 3.63) is 32.6 Å². The maximum atomic E-state index is 11.5. The molecule has 16 heavy (non-hydrogen) atoms. The summed E-state index contributed by atoms with van der Waals surface area (Å²) in [6.07, 6.45) is 1.59. The number of hydroxylamine groups is 2. The molecule has 0 spiro atoms. The smallest absolute Gasteiger partial charge is 0.325 e. The molecule has 1 aromatic heterocycles. The fourth-order valence-electron chi connectivity index (χ4n) is 1.85. The van der Waals surface area contributed by atoms with Crippen LogP contribution in [-0.2, 0) is 4.84 Å². The van der Waals surface area contributed by atoms with Crippen molar-refractivity contribution in [1.29, 1.82) is 0 Å². The van der Waals surface area contributed by atoms with Gasteiger partial charge in [-0.25, -0.2) is 4.79 Å². The lowest BCUT2D eigenvalue weighted by molar-refractivity contribution is -0.153. The lowest BCUT2D eigenvalue weighted by Gasteiger charge is -2.16. The maximum absolute atomic E-state index is 11.5. The summed E-state index contributed by atoms with van der Waals surface area (Å²) in [5.74, 6) is 0. The first-order valence-electron chi connectivity index (χ1n) is 4.94. The highest BCUT2D eigenvalue weighted by Gasteiger charge is 2.33. The lowest BCUT2D eigenvalue weighted by atomic mass is 10.1. The van der Waals surface area contributed by atoms with Crippen LogP contribution in [0.4, 0.5) is 0 Å². The molecule has 0 unspecified atom stereocenters. The molecule has 0 radical (unpaired) electrons. The number of hydrogen-bond donors (Lipinski definition) is 3. The monoisotopic (exact) mass is 227 g/mol. The Morgan fingerprint density at radius 1 is 1.62 bits per heavy atom. The average Bonchev–Trinajstić information content (AvgIpc) is 2.60. The summed E-state index contributed by atoms with van der Waals surface area (Å²) in [6.45, 7) is -0.0951. The van der Waals surface area contributed by atoms with Gasteiger partial charge in [-0.1, -0.05) is 0 Å². The van der Waals surface area contributed by atoms with Gasteiger partial charge in [-0.15, -0.1) is 0 Å². The standard InChI is InChI=1S/C9H13N3O4/c1-12-7(2-5(4-13)16-12)6-3-10-9(15)11-8(6)14/h3,5,7,13H,2,4H2,1H3,(H2,10,11,14,15)/t5-,7+/m0/s1. The summed E-state index contributed by atoms with van der Waals surface area (Å²) in [4.78, 5) is 32.3. The van der Waals surface area contributed by atoms with Crippen molar-refractivity contribution in [3.63, 3.8) is 0 Å². The van der Waals surface area contributed by atoms with Crippen LogP contribution in [0.5, 0.6) is 0 Å². The minimum absolute atomic E-state index is 0.0951. The number of aromatic amines is 2. The van der Waals surface area contributed by atoms with Gasteiger partial charge in [-0.2, -0.15) is 5.06 Å². The largest absolute Gasteiger partial charge is 0.394 e. The van der Waals surface area contributed by atoms with Crippen LogP contribution in [0, 0.1) is 0 Å². The van der Waals surface area contributed by atoms with Crippen LogP contribution >= 0.6 is 0 Å². The molecule has 0 aromatic carbocycles. The Morgan fingerprint density at radius 2 is 2.38 bits per heavy atom. The summed E-state index contributed by atoms with van der Waals surface area (Å²) >= 11 is 0. The van der Waals surface area contributed by atoms with Gasteiger partial charge < -0.3 is 10.1 Å². The zero-order valence-corrected chi connectivity index (χ0v) is 8.77. The highest BCUT2D eigenvalue weighted by molar-refractivity contribution is 5.10. The molecule has 7 nitrogen and oxygen atoms in total. The van der Waals surface area contributed by atoms with E-state index in [1.807, 2.05) is 0 Å². The topological polar surface area (TPSA) is 98.4 Å². The van der Waals surface area contributed by atoms with Gasteiger partial charge in [0.2, 0.25) is 0 Å². The first-order valence-corrected chi connectivity index (χ1v) is 4.94. The molecule has 1 aliphatic rings. The van der Waals surface area contributed by atoms with E-state index >= 15 is 0 Å². The van der Waals surface area contributed by atoms with E-state index in [4.69, 9.17) is 9.94 Å². The fraction of sp³-hybridized carbons (Fsp3) is 0.556. The zero-order valence-electron chi connectivity index (χ0n) is 8.77. The van der Waals surface area contributed by atoms with Gasteiger partial charge in [0, 0.05) is 19.7 Å². The van der Waals surface area contributed by atoms with Gasteiger partial charge >= 0.3 is 5.69 Å². The second-order valence-corrected chi connectivity index (χ2v) is 3.73. The minimum Gasteiger partial charge on any atom is -0.394 e. The first kappa shape index (κ1) is 11.1. The van der Waals surface area contributed by atoms with Crippen LogP contribution in [0.25, 0.3) is 0 Å². The summed E-state index contributed by atoms with van der Waals surface area (Å²) in [6, 6.07) is -0.252. The highest BCUT2D eigenvalue weighted by atomic mass is 16.7. The van der Waals surface area contributed by atoms with Crippen LogP contribution in [0.1, 0.15) is 18.0 Å². The molecule has 2 heterocycles. The maximum Gasteiger partial charge on any atom is 0.325 e. The number of rotatable bonds is 2. The molecular weight excluding hydrogens is 214 g/mol. The number of aliphatic hydroxyl groups is 1. The SMILES string of the molecule is CN1O[C@H](CO)C[C@@H]1c1c[nH]c(=O)[nH]c1=O. The molecule has 88 valence electrons. The Bertz CT molecular complexity index is 480. The molecule has 1 fully saturated rings. The second kappa shape index (κ2) is 4.20. The Hall–Kier alpha value is -1.44. The fourth-order valence-corrected chi connectivity index (χ4v) is 1.85. The number of nitrogens with one attached hydrogen (secondary N) is 2. The number of nitrogens with zero attached hydrogens (tertiary/aromatic N) is 1.